The van der Waals surface area contributed by atoms with Crippen LogP contribution in [0, 0.1) is 13.8 Å². The minimum Gasteiger partial charge on any atom is -0.394 e. The fourth-order valence-corrected chi connectivity index (χ4v) is 3.34. The van der Waals surface area contributed by atoms with Crippen LogP contribution in [0.3, 0.4) is 0 Å². The number of rotatable bonds is 6. The van der Waals surface area contributed by atoms with Crippen LogP contribution in [0.15, 0.2) is 0 Å². The van der Waals surface area contributed by atoms with Crippen molar-refractivity contribution < 1.29 is 9.90 Å². The highest BCUT2D eigenvalue weighted by Crippen LogP contribution is 2.42. The van der Waals surface area contributed by atoms with Crippen LogP contribution in [0.1, 0.15) is 40.7 Å². The molecule has 1 fully saturated rings. The Labute approximate surface area is 132 Å². The molecule has 0 radical (unpaired) electrons. The molecule has 2 heterocycles. The minimum atomic E-state index is -0.117. The molecule has 3 rings (SSSR count). The summed E-state index contributed by atoms with van der Waals surface area (Å²) in [6.07, 6.45) is 2.59. The molecule has 22 heavy (non-hydrogen) atoms. The second-order valence-corrected chi connectivity index (χ2v) is 6.55. The molecule has 7 nitrogen and oxygen atoms in total. The largest absolute Gasteiger partial charge is 0.394 e. The molecule has 0 aliphatic heterocycles. The van der Waals surface area contributed by atoms with Crippen molar-refractivity contribution in [2.24, 2.45) is 0 Å². The fourth-order valence-electron chi connectivity index (χ4n) is 2.41. The number of hydrogen-bond acceptors (Lipinski definition) is 6. The van der Waals surface area contributed by atoms with Crippen molar-refractivity contribution in [2.75, 3.05) is 11.9 Å². The smallest absolute Gasteiger partial charge is 0.230 e. The Kier molecular flexibility index (Phi) is 4.21. The Bertz CT molecular complexity index is 689. The zero-order chi connectivity index (χ0) is 15.7. The number of nitrogens with one attached hydrogen (secondary N) is 1. The highest BCUT2D eigenvalue weighted by Gasteiger charge is 2.27. The van der Waals surface area contributed by atoms with Crippen molar-refractivity contribution in [2.45, 2.75) is 45.6 Å². The van der Waals surface area contributed by atoms with E-state index in [2.05, 4.69) is 20.6 Å². The predicted octanol–water partition coefficient (Wildman–Crippen LogP) is 1.40. The number of amides is 1. The van der Waals surface area contributed by atoms with Gasteiger partial charge in [0.1, 0.15) is 5.01 Å². The molecule has 118 valence electrons. The molecule has 0 aromatic carbocycles. The van der Waals surface area contributed by atoms with Crippen molar-refractivity contribution >= 4 is 22.4 Å². The molecule has 0 spiro atoms. The summed E-state index contributed by atoms with van der Waals surface area (Å²) in [6.45, 7) is 4.26. The van der Waals surface area contributed by atoms with E-state index in [4.69, 9.17) is 5.11 Å². The SMILES string of the molecule is Cc1nn(CCO)c(C)c1CC(=O)Nc1nnc(C2CC2)s1. The van der Waals surface area contributed by atoms with Crippen LogP contribution in [-0.2, 0) is 17.8 Å². The van der Waals surface area contributed by atoms with Gasteiger partial charge in [-0.15, -0.1) is 10.2 Å². The van der Waals surface area contributed by atoms with E-state index in [1.54, 1.807) is 4.68 Å². The van der Waals surface area contributed by atoms with Gasteiger partial charge < -0.3 is 10.4 Å². The molecular weight excluding hydrogens is 302 g/mol. The van der Waals surface area contributed by atoms with Crippen molar-refractivity contribution in [3.63, 3.8) is 0 Å². The van der Waals surface area contributed by atoms with Crippen LogP contribution in [-0.4, -0.2) is 37.6 Å². The number of aliphatic hydroxyl groups excluding tert-OH is 1. The zero-order valence-electron chi connectivity index (χ0n) is 12.7. The lowest BCUT2D eigenvalue weighted by Crippen LogP contribution is -2.15. The maximum absolute atomic E-state index is 12.2. The summed E-state index contributed by atoms with van der Waals surface area (Å²) in [4.78, 5) is 12.2. The van der Waals surface area contributed by atoms with E-state index in [9.17, 15) is 4.79 Å². The van der Waals surface area contributed by atoms with Crippen molar-refractivity contribution in [1.29, 1.82) is 0 Å². The molecule has 1 amide bonds. The summed E-state index contributed by atoms with van der Waals surface area (Å²) in [5, 5.41) is 25.9. The third kappa shape index (κ3) is 3.17. The Morgan fingerprint density at radius 3 is 2.86 bits per heavy atom. The van der Waals surface area contributed by atoms with Gasteiger partial charge in [-0.3, -0.25) is 9.48 Å². The molecule has 1 saturated carbocycles. The fraction of sp³-hybridized carbons (Fsp3) is 0.571. The molecule has 1 aliphatic carbocycles. The Morgan fingerprint density at radius 1 is 1.41 bits per heavy atom. The van der Waals surface area contributed by atoms with Gasteiger partial charge in [0.2, 0.25) is 11.0 Å². The standard InChI is InChI=1S/C14H19N5O2S/c1-8-11(9(2)19(18-8)5-6-20)7-12(21)15-14-17-16-13(22-14)10-3-4-10/h10,20H,3-7H2,1-2H3,(H,15,17,21). The summed E-state index contributed by atoms with van der Waals surface area (Å²) >= 11 is 1.46. The van der Waals surface area contributed by atoms with Crippen molar-refractivity contribution in [1.82, 2.24) is 20.0 Å². The van der Waals surface area contributed by atoms with Crippen molar-refractivity contribution in [3.8, 4) is 0 Å². The second-order valence-electron chi connectivity index (χ2n) is 5.54. The van der Waals surface area contributed by atoms with E-state index < -0.39 is 0 Å². The van der Waals surface area contributed by atoms with Gasteiger partial charge in [-0.25, -0.2) is 0 Å². The van der Waals surface area contributed by atoms with Crippen LogP contribution in [0.25, 0.3) is 0 Å². The van der Waals surface area contributed by atoms with Gasteiger partial charge in [-0.05, 0) is 26.7 Å². The van der Waals surface area contributed by atoms with Crippen molar-refractivity contribution in [3.05, 3.63) is 22.0 Å². The molecule has 2 aromatic heterocycles. The lowest BCUT2D eigenvalue weighted by atomic mass is 10.1. The number of aromatic nitrogens is 4. The van der Waals surface area contributed by atoms with Crippen LogP contribution < -0.4 is 5.32 Å². The molecule has 2 N–H and O–H groups in total. The van der Waals surface area contributed by atoms with Gasteiger partial charge in [0.15, 0.2) is 0 Å². The van der Waals surface area contributed by atoms with Gasteiger partial charge in [0.05, 0.1) is 25.3 Å². The van der Waals surface area contributed by atoms with E-state index >= 15 is 0 Å². The number of anilines is 1. The first-order valence-corrected chi connectivity index (χ1v) is 8.17. The molecule has 1 aliphatic rings. The number of carbonyl (C=O) groups excluding carboxylic acids is 1. The number of nitrogens with zero attached hydrogens (tertiary/aromatic N) is 4. The van der Waals surface area contributed by atoms with E-state index in [0.29, 0.717) is 17.6 Å². The average Bonchev–Trinajstić information content (AvgIpc) is 3.18. The molecule has 0 atom stereocenters. The molecule has 0 saturated heterocycles. The van der Waals surface area contributed by atoms with Crippen LogP contribution in [0.5, 0.6) is 0 Å². The normalized spacial score (nSPS) is 14.3. The maximum Gasteiger partial charge on any atom is 0.230 e. The van der Waals surface area contributed by atoms with Crippen LogP contribution >= 0.6 is 11.3 Å². The third-order valence-electron chi connectivity index (χ3n) is 3.79. The molecule has 0 unspecified atom stereocenters. The lowest BCUT2D eigenvalue weighted by Gasteiger charge is -2.04. The van der Waals surface area contributed by atoms with Crippen LogP contribution in [0.4, 0.5) is 5.13 Å². The van der Waals surface area contributed by atoms with Gasteiger partial charge in [-0.1, -0.05) is 11.3 Å². The summed E-state index contributed by atoms with van der Waals surface area (Å²) in [6, 6.07) is 0. The van der Waals surface area contributed by atoms with E-state index in [0.717, 1.165) is 22.0 Å². The third-order valence-corrected chi connectivity index (χ3v) is 4.80. The van der Waals surface area contributed by atoms with E-state index in [1.165, 1.54) is 24.2 Å². The van der Waals surface area contributed by atoms with E-state index in [-0.39, 0.29) is 18.9 Å². The molecule has 2 aromatic rings. The lowest BCUT2D eigenvalue weighted by molar-refractivity contribution is -0.115. The second kappa shape index (κ2) is 6.13. The number of hydrogen-bond donors (Lipinski definition) is 2. The Hall–Kier alpha value is -1.80. The van der Waals surface area contributed by atoms with Crippen LogP contribution in [0.2, 0.25) is 0 Å². The Balaban J connectivity index is 1.65. The minimum absolute atomic E-state index is 0.0301. The average molecular weight is 321 g/mol. The van der Waals surface area contributed by atoms with Gasteiger partial charge >= 0.3 is 0 Å². The highest BCUT2D eigenvalue weighted by atomic mass is 32.1. The monoisotopic (exact) mass is 321 g/mol. The van der Waals surface area contributed by atoms with Gasteiger partial charge in [-0.2, -0.15) is 5.10 Å². The van der Waals surface area contributed by atoms with E-state index in [1.807, 2.05) is 13.8 Å². The molecular formula is C14H19N5O2S. The first-order valence-electron chi connectivity index (χ1n) is 7.35. The quantitative estimate of drug-likeness (QED) is 0.839. The van der Waals surface area contributed by atoms with Gasteiger partial charge in [0, 0.05) is 17.2 Å². The first-order chi connectivity index (χ1) is 10.6. The summed E-state index contributed by atoms with van der Waals surface area (Å²) in [5.41, 5.74) is 2.63. The first kappa shape index (κ1) is 15.1. The highest BCUT2D eigenvalue weighted by molar-refractivity contribution is 7.15. The zero-order valence-corrected chi connectivity index (χ0v) is 13.5. The Morgan fingerprint density at radius 2 is 2.18 bits per heavy atom. The summed E-state index contributed by atoms with van der Waals surface area (Å²) in [7, 11) is 0. The van der Waals surface area contributed by atoms with Gasteiger partial charge in [0.25, 0.3) is 0 Å². The molecule has 8 heteroatoms. The number of aliphatic hydroxyl groups is 1. The summed E-state index contributed by atoms with van der Waals surface area (Å²) < 4.78 is 1.73. The predicted molar refractivity (Wildman–Crippen MR) is 83.0 cm³/mol. The topological polar surface area (TPSA) is 92.9 Å². The summed E-state index contributed by atoms with van der Waals surface area (Å²) in [5.74, 6) is 0.428. The maximum atomic E-state index is 12.2. The molecule has 0 bridgehead atoms. The number of carbonyl (C=O) groups is 1. The number of aryl methyl sites for hydroxylation is 1.